The minimum atomic E-state index is -0.0796. The molecule has 2 rings (SSSR count). The molecule has 0 saturated carbocycles. The Labute approximate surface area is 138 Å². The number of piperidine rings is 1. The van der Waals surface area contributed by atoms with Crippen molar-refractivity contribution in [1.29, 1.82) is 0 Å². The summed E-state index contributed by atoms with van der Waals surface area (Å²) in [5, 5.41) is 2.93. The fraction of sp³-hybridized carbons (Fsp3) is 0.500. The first kappa shape index (κ1) is 17.2. The van der Waals surface area contributed by atoms with Crippen LogP contribution in [0.25, 0.3) is 0 Å². The first-order valence-corrected chi connectivity index (χ1v) is 7.91. The third-order valence-corrected chi connectivity index (χ3v) is 4.48. The van der Waals surface area contributed by atoms with Crippen molar-refractivity contribution in [3.05, 3.63) is 24.3 Å². The molecular formula is C18H25N3O2. The van der Waals surface area contributed by atoms with Crippen molar-refractivity contribution in [2.24, 2.45) is 0 Å². The predicted molar refractivity (Wildman–Crippen MR) is 92.7 cm³/mol. The average molecular weight is 315 g/mol. The molecule has 1 aliphatic rings. The second kappa shape index (κ2) is 7.89. The molecule has 1 N–H and O–H groups in total. The molecule has 1 heterocycles. The normalized spacial score (nSPS) is 21.3. The van der Waals surface area contributed by atoms with Gasteiger partial charge < -0.3 is 19.9 Å². The number of carbonyl (C=O) groups is 1. The third-order valence-electron chi connectivity index (χ3n) is 4.48. The molecule has 0 spiro atoms. The van der Waals surface area contributed by atoms with Crippen molar-refractivity contribution in [3.8, 4) is 18.1 Å². The van der Waals surface area contributed by atoms with Crippen LogP contribution in [0.2, 0.25) is 0 Å². The number of nitrogens with one attached hydrogen (secondary N) is 1. The lowest BCUT2D eigenvalue weighted by atomic mass is 9.98. The molecule has 0 radical (unpaired) electrons. The van der Waals surface area contributed by atoms with Crippen molar-refractivity contribution in [3.63, 3.8) is 0 Å². The Bertz CT molecular complexity index is 565. The lowest BCUT2D eigenvalue weighted by molar-refractivity contribution is 0.120. The number of benzene rings is 1. The van der Waals surface area contributed by atoms with Gasteiger partial charge in [-0.15, -0.1) is 6.42 Å². The SMILES string of the molecule is C#CCOc1ccc(NC(=O)N(C)[C@@H]2CCN(C)[C@@H](C)C2)cc1. The van der Waals surface area contributed by atoms with E-state index in [2.05, 4.69) is 30.1 Å². The quantitative estimate of drug-likeness (QED) is 0.869. The molecule has 1 saturated heterocycles. The summed E-state index contributed by atoms with van der Waals surface area (Å²) in [4.78, 5) is 16.5. The van der Waals surface area contributed by atoms with Crippen LogP contribution >= 0.6 is 0 Å². The topological polar surface area (TPSA) is 44.8 Å². The zero-order chi connectivity index (χ0) is 16.8. The van der Waals surface area contributed by atoms with E-state index in [1.54, 1.807) is 12.1 Å². The Morgan fingerprint density at radius 3 is 2.78 bits per heavy atom. The first-order chi connectivity index (χ1) is 11.0. The maximum Gasteiger partial charge on any atom is 0.321 e. The summed E-state index contributed by atoms with van der Waals surface area (Å²) in [7, 11) is 3.99. The van der Waals surface area contributed by atoms with Crippen LogP contribution in [0, 0.1) is 12.3 Å². The first-order valence-electron chi connectivity index (χ1n) is 7.91. The number of carbonyl (C=O) groups excluding carboxylic acids is 1. The van der Waals surface area contributed by atoms with Crippen LogP contribution in [-0.4, -0.2) is 55.2 Å². The molecule has 0 bridgehead atoms. The summed E-state index contributed by atoms with van der Waals surface area (Å²) in [5.74, 6) is 3.11. The number of hydrogen-bond donors (Lipinski definition) is 1. The van der Waals surface area contributed by atoms with Crippen molar-refractivity contribution in [1.82, 2.24) is 9.80 Å². The highest BCUT2D eigenvalue weighted by atomic mass is 16.5. The van der Waals surface area contributed by atoms with Crippen LogP contribution in [-0.2, 0) is 0 Å². The van der Waals surface area contributed by atoms with Gasteiger partial charge >= 0.3 is 6.03 Å². The molecule has 2 amide bonds. The maximum atomic E-state index is 12.4. The van der Waals surface area contributed by atoms with Gasteiger partial charge in [-0.05, 0) is 51.1 Å². The number of ether oxygens (including phenoxy) is 1. The molecule has 0 unspecified atom stereocenters. The molecule has 1 aromatic carbocycles. The van der Waals surface area contributed by atoms with Crippen molar-refractivity contribution >= 4 is 11.7 Å². The monoisotopic (exact) mass is 315 g/mol. The van der Waals surface area contributed by atoms with E-state index < -0.39 is 0 Å². The largest absolute Gasteiger partial charge is 0.481 e. The molecule has 1 aromatic rings. The molecule has 0 aliphatic carbocycles. The van der Waals surface area contributed by atoms with Gasteiger partial charge in [0, 0.05) is 31.4 Å². The average Bonchev–Trinajstić information content (AvgIpc) is 2.56. The van der Waals surface area contributed by atoms with E-state index in [4.69, 9.17) is 11.2 Å². The molecular weight excluding hydrogens is 290 g/mol. The van der Waals surface area contributed by atoms with Gasteiger partial charge in [0.05, 0.1) is 0 Å². The Morgan fingerprint density at radius 1 is 1.48 bits per heavy atom. The number of nitrogens with zero attached hydrogens (tertiary/aromatic N) is 2. The van der Waals surface area contributed by atoms with E-state index in [1.807, 2.05) is 24.1 Å². The van der Waals surface area contributed by atoms with Crippen molar-refractivity contribution in [2.45, 2.75) is 31.8 Å². The second-order valence-electron chi connectivity index (χ2n) is 6.07. The van der Waals surface area contributed by atoms with Gasteiger partial charge in [0.2, 0.25) is 0 Å². The highest BCUT2D eigenvalue weighted by molar-refractivity contribution is 5.89. The second-order valence-corrected chi connectivity index (χ2v) is 6.07. The minimum Gasteiger partial charge on any atom is -0.481 e. The Kier molecular flexibility index (Phi) is 5.89. The highest BCUT2D eigenvalue weighted by Gasteiger charge is 2.28. The van der Waals surface area contributed by atoms with Gasteiger partial charge in [0.15, 0.2) is 0 Å². The third kappa shape index (κ3) is 4.64. The van der Waals surface area contributed by atoms with E-state index in [0.29, 0.717) is 11.8 Å². The van der Waals surface area contributed by atoms with E-state index in [9.17, 15) is 4.79 Å². The summed E-state index contributed by atoms with van der Waals surface area (Å²) < 4.78 is 5.32. The standard InChI is InChI=1S/C18H25N3O2/c1-5-12-23-17-8-6-15(7-9-17)19-18(22)21(4)16-10-11-20(3)14(2)13-16/h1,6-9,14,16H,10-13H2,2-4H3,(H,19,22)/t14-,16+/m0/s1. The fourth-order valence-corrected chi connectivity index (χ4v) is 2.75. The molecule has 5 nitrogen and oxygen atoms in total. The number of hydrogen-bond acceptors (Lipinski definition) is 3. The lowest BCUT2D eigenvalue weighted by Gasteiger charge is -2.39. The van der Waals surface area contributed by atoms with Crippen LogP contribution < -0.4 is 10.1 Å². The number of anilines is 1. The molecule has 5 heteroatoms. The lowest BCUT2D eigenvalue weighted by Crippen LogP contribution is -2.49. The molecule has 124 valence electrons. The van der Waals surface area contributed by atoms with E-state index >= 15 is 0 Å². The Hall–Kier alpha value is -2.19. The summed E-state index contributed by atoms with van der Waals surface area (Å²) in [5.41, 5.74) is 0.746. The van der Waals surface area contributed by atoms with Gasteiger partial charge in [-0.2, -0.15) is 0 Å². The molecule has 23 heavy (non-hydrogen) atoms. The summed E-state index contributed by atoms with van der Waals surface area (Å²) in [6.45, 7) is 3.46. The summed E-state index contributed by atoms with van der Waals surface area (Å²) in [6, 6.07) is 7.92. The predicted octanol–water partition coefficient (Wildman–Crippen LogP) is 2.65. The van der Waals surface area contributed by atoms with Gasteiger partial charge in [0.25, 0.3) is 0 Å². The number of amides is 2. The van der Waals surface area contributed by atoms with E-state index in [1.165, 1.54) is 0 Å². The number of rotatable bonds is 4. The van der Waals surface area contributed by atoms with Gasteiger partial charge in [-0.25, -0.2) is 4.79 Å². The zero-order valence-electron chi connectivity index (χ0n) is 14.1. The summed E-state index contributed by atoms with van der Waals surface area (Å²) in [6.07, 6.45) is 7.16. The van der Waals surface area contributed by atoms with Crippen molar-refractivity contribution in [2.75, 3.05) is 32.6 Å². The Morgan fingerprint density at radius 2 is 2.17 bits per heavy atom. The number of likely N-dealkylation sites (tertiary alicyclic amines) is 1. The van der Waals surface area contributed by atoms with Crippen LogP contribution in [0.1, 0.15) is 19.8 Å². The van der Waals surface area contributed by atoms with Crippen LogP contribution in [0.15, 0.2) is 24.3 Å². The number of terminal acetylenes is 1. The zero-order valence-corrected chi connectivity index (χ0v) is 14.1. The number of urea groups is 1. The van der Waals surface area contributed by atoms with E-state index in [0.717, 1.165) is 25.1 Å². The van der Waals surface area contributed by atoms with Gasteiger partial charge in [-0.3, -0.25) is 0 Å². The van der Waals surface area contributed by atoms with Crippen LogP contribution in [0.5, 0.6) is 5.75 Å². The van der Waals surface area contributed by atoms with E-state index in [-0.39, 0.29) is 18.7 Å². The summed E-state index contributed by atoms with van der Waals surface area (Å²) >= 11 is 0. The smallest absolute Gasteiger partial charge is 0.321 e. The fourth-order valence-electron chi connectivity index (χ4n) is 2.75. The molecule has 1 fully saturated rings. The minimum absolute atomic E-state index is 0.0796. The van der Waals surface area contributed by atoms with Gasteiger partial charge in [-0.1, -0.05) is 5.92 Å². The molecule has 0 aromatic heterocycles. The molecule has 2 atom stereocenters. The van der Waals surface area contributed by atoms with Crippen LogP contribution in [0.4, 0.5) is 10.5 Å². The van der Waals surface area contributed by atoms with Crippen LogP contribution in [0.3, 0.4) is 0 Å². The highest BCUT2D eigenvalue weighted by Crippen LogP contribution is 2.21. The Balaban J connectivity index is 1.89. The van der Waals surface area contributed by atoms with Gasteiger partial charge in [0.1, 0.15) is 12.4 Å². The maximum absolute atomic E-state index is 12.4. The molecule has 1 aliphatic heterocycles. The van der Waals surface area contributed by atoms with Crippen molar-refractivity contribution < 1.29 is 9.53 Å².